The molecule has 128 valence electrons. The van der Waals surface area contributed by atoms with Gasteiger partial charge >= 0.3 is 0 Å². The van der Waals surface area contributed by atoms with Gasteiger partial charge in [-0.25, -0.2) is 4.98 Å². The number of furan rings is 1. The molecule has 7 heteroatoms. The fourth-order valence-corrected chi connectivity index (χ4v) is 2.66. The summed E-state index contributed by atoms with van der Waals surface area (Å²) in [4.78, 5) is 35.4. The smallest absolute Gasteiger partial charge is 0.265 e. The average Bonchev–Trinajstić information content (AvgIpc) is 2.94. The van der Waals surface area contributed by atoms with Crippen LogP contribution >= 0.6 is 0 Å². The van der Waals surface area contributed by atoms with Gasteiger partial charge in [0.1, 0.15) is 17.5 Å². The highest BCUT2D eigenvalue weighted by Gasteiger charge is 2.25. The van der Waals surface area contributed by atoms with E-state index in [1.54, 1.807) is 26.2 Å². The molecular weight excluding hydrogens is 320 g/mol. The Bertz CT molecular complexity index is 989. The normalized spacial score (nSPS) is 10.8. The summed E-state index contributed by atoms with van der Waals surface area (Å²) in [5, 5.41) is 0.194. The van der Waals surface area contributed by atoms with Gasteiger partial charge in [-0.1, -0.05) is 12.1 Å². The van der Waals surface area contributed by atoms with E-state index >= 15 is 0 Å². The third-order valence-corrected chi connectivity index (χ3v) is 3.87. The van der Waals surface area contributed by atoms with E-state index in [9.17, 15) is 9.59 Å². The zero-order valence-corrected chi connectivity index (χ0v) is 14.1. The quantitative estimate of drug-likeness (QED) is 0.666. The van der Waals surface area contributed by atoms with Crippen molar-refractivity contribution in [1.29, 1.82) is 0 Å². The number of pyridine rings is 1. The monoisotopic (exact) mass is 338 g/mol. The predicted molar refractivity (Wildman–Crippen MR) is 93.2 cm³/mol. The van der Waals surface area contributed by atoms with Crippen molar-refractivity contribution >= 4 is 17.0 Å². The number of carbonyl (C=O) groups excluding carboxylic acids is 1. The fraction of sp³-hybridized carbons (Fsp3) is 0.222. The Morgan fingerprint density at radius 3 is 2.88 bits per heavy atom. The van der Waals surface area contributed by atoms with Gasteiger partial charge in [0, 0.05) is 19.8 Å². The van der Waals surface area contributed by atoms with Crippen LogP contribution in [0, 0.1) is 6.92 Å². The van der Waals surface area contributed by atoms with Crippen LogP contribution in [0.4, 0.5) is 0 Å². The summed E-state index contributed by atoms with van der Waals surface area (Å²) >= 11 is 0. The van der Waals surface area contributed by atoms with Crippen molar-refractivity contribution in [2.24, 2.45) is 0 Å². The summed E-state index contributed by atoms with van der Waals surface area (Å²) in [5.74, 6) is 0.0611. The number of rotatable bonds is 5. The number of fused-ring (bicyclic) bond motifs is 1. The van der Waals surface area contributed by atoms with E-state index < -0.39 is 0 Å². The summed E-state index contributed by atoms with van der Waals surface area (Å²) < 4.78 is 6.91. The molecule has 0 aromatic carbocycles. The highest BCUT2D eigenvalue weighted by molar-refractivity contribution is 6.06. The average molecular weight is 338 g/mol. The minimum atomic E-state index is -0.323. The molecule has 25 heavy (non-hydrogen) atoms. The highest BCUT2D eigenvalue weighted by Crippen LogP contribution is 2.22. The summed E-state index contributed by atoms with van der Waals surface area (Å²) in [7, 11) is 1.66. The predicted octanol–water partition coefficient (Wildman–Crippen LogP) is 2.15. The third-order valence-electron chi connectivity index (χ3n) is 3.87. The van der Waals surface area contributed by atoms with E-state index in [2.05, 4.69) is 16.5 Å². The van der Waals surface area contributed by atoms with Crippen molar-refractivity contribution in [2.45, 2.75) is 20.0 Å². The lowest BCUT2D eigenvalue weighted by Gasteiger charge is -2.16. The number of aryl methyl sites for hydroxylation is 1. The molecule has 0 aliphatic carbocycles. The van der Waals surface area contributed by atoms with Crippen LogP contribution in [-0.4, -0.2) is 32.4 Å². The molecule has 3 aromatic rings. The number of nitrogens with zero attached hydrogens (tertiary/aromatic N) is 4. The van der Waals surface area contributed by atoms with Crippen LogP contribution in [0.25, 0.3) is 11.1 Å². The van der Waals surface area contributed by atoms with Gasteiger partial charge < -0.3 is 9.32 Å². The first-order chi connectivity index (χ1) is 12.0. The number of allylic oxidation sites excluding steroid dienone is 1. The highest BCUT2D eigenvalue weighted by atomic mass is 16.3. The zero-order chi connectivity index (χ0) is 18.0. The van der Waals surface area contributed by atoms with Crippen molar-refractivity contribution in [3.05, 3.63) is 70.7 Å². The molecule has 0 saturated carbocycles. The zero-order valence-electron chi connectivity index (χ0n) is 14.1. The molecule has 0 spiro atoms. The topological polar surface area (TPSA) is 81.2 Å². The van der Waals surface area contributed by atoms with Crippen molar-refractivity contribution in [2.75, 3.05) is 7.05 Å². The van der Waals surface area contributed by atoms with Gasteiger partial charge in [-0.2, -0.15) is 0 Å². The van der Waals surface area contributed by atoms with E-state index in [1.165, 1.54) is 15.8 Å². The minimum absolute atomic E-state index is 0.164. The first-order valence-electron chi connectivity index (χ1n) is 7.77. The Balaban J connectivity index is 2.03. The van der Waals surface area contributed by atoms with E-state index in [-0.39, 0.29) is 28.1 Å². The molecule has 0 aliphatic rings. The number of aromatic nitrogens is 3. The Morgan fingerprint density at radius 1 is 1.40 bits per heavy atom. The maximum atomic E-state index is 12.9. The van der Waals surface area contributed by atoms with Crippen molar-refractivity contribution in [1.82, 2.24) is 19.4 Å². The van der Waals surface area contributed by atoms with Crippen molar-refractivity contribution in [3.8, 4) is 0 Å². The largest absolute Gasteiger partial charge is 0.442 e. The van der Waals surface area contributed by atoms with Gasteiger partial charge in [0.25, 0.3) is 11.5 Å². The summed E-state index contributed by atoms with van der Waals surface area (Å²) in [6, 6.07) is 5.51. The number of carbonyl (C=O) groups is 1. The lowest BCUT2D eigenvalue weighted by Crippen LogP contribution is -2.29. The minimum Gasteiger partial charge on any atom is -0.442 e. The van der Waals surface area contributed by atoms with Crippen molar-refractivity contribution in [3.63, 3.8) is 0 Å². The summed E-state index contributed by atoms with van der Waals surface area (Å²) in [6.07, 6.45) is 4.65. The maximum absolute atomic E-state index is 12.9. The van der Waals surface area contributed by atoms with E-state index in [1.807, 2.05) is 18.2 Å². The van der Waals surface area contributed by atoms with Crippen LogP contribution in [-0.2, 0) is 13.1 Å². The Morgan fingerprint density at radius 2 is 2.20 bits per heavy atom. The van der Waals surface area contributed by atoms with Crippen LogP contribution in [0.3, 0.4) is 0 Å². The third kappa shape index (κ3) is 3.08. The Labute approximate surface area is 144 Å². The summed E-state index contributed by atoms with van der Waals surface area (Å²) in [6.45, 7) is 5.91. The number of hydrogen-bond donors (Lipinski definition) is 0. The van der Waals surface area contributed by atoms with Crippen LogP contribution < -0.4 is 5.56 Å². The molecule has 1 amide bonds. The molecule has 3 rings (SSSR count). The van der Waals surface area contributed by atoms with E-state index in [0.29, 0.717) is 18.8 Å². The Hall–Kier alpha value is -3.22. The first-order valence-corrected chi connectivity index (χ1v) is 7.77. The lowest BCUT2D eigenvalue weighted by atomic mass is 10.1. The molecule has 0 fully saturated rings. The van der Waals surface area contributed by atoms with Crippen LogP contribution in [0.1, 0.15) is 21.8 Å². The van der Waals surface area contributed by atoms with Gasteiger partial charge in [-0.05, 0) is 19.1 Å². The SMILES string of the molecule is C=CCn1cnc2oc(C)c(C(=O)N(C)Cc3ccccn3)c2c1=O. The molecule has 0 radical (unpaired) electrons. The fourth-order valence-electron chi connectivity index (χ4n) is 2.66. The summed E-state index contributed by atoms with van der Waals surface area (Å²) in [5.41, 5.74) is 0.837. The molecule has 0 bridgehead atoms. The standard InChI is InChI=1S/C18H18N4O3/c1-4-9-22-11-20-16-15(18(22)24)14(12(2)25-16)17(23)21(3)10-13-7-5-6-8-19-13/h4-8,11H,1,9-10H2,2-3H3. The van der Waals surface area contributed by atoms with Gasteiger partial charge in [0.05, 0.1) is 17.8 Å². The second-order valence-corrected chi connectivity index (χ2v) is 5.69. The van der Waals surface area contributed by atoms with Gasteiger partial charge in [-0.3, -0.25) is 19.1 Å². The first kappa shape index (κ1) is 16.6. The molecule has 0 aliphatic heterocycles. The van der Waals surface area contributed by atoms with E-state index in [0.717, 1.165) is 5.69 Å². The van der Waals surface area contributed by atoms with Gasteiger partial charge in [0.15, 0.2) is 0 Å². The van der Waals surface area contributed by atoms with Gasteiger partial charge in [-0.15, -0.1) is 6.58 Å². The maximum Gasteiger partial charge on any atom is 0.265 e. The van der Waals surface area contributed by atoms with Crippen LogP contribution in [0.15, 0.2) is 52.6 Å². The van der Waals surface area contributed by atoms with Crippen molar-refractivity contribution < 1.29 is 9.21 Å². The number of amides is 1. The molecular formula is C18H18N4O3. The Kier molecular flexibility index (Phi) is 4.47. The molecule has 0 unspecified atom stereocenters. The van der Waals surface area contributed by atoms with Gasteiger partial charge in [0.2, 0.25) is 5.71 Å². The molecule has 3 heterocycles. The molecule has 7 nitrogen and oxygen atoms in total. The second kappa shape index (κ2) is 6.72. The lowest BCUT2D eigenvalue weighted by molar-refractivity contribution is 0.0783. The molecule has 3 aromatic heterocycles. The van der Waals surface area contributed by atoms with Crippen LogP contribution in [0.2, 0.25) is 0 Å². The van der Waals surface area contributed by atoms with E-state index in [4.69, 9.17) is 4.42 Å². The molecule has 0 saturated heterocycles. The molecule has 0 atom stereocenters. The number of hydrogen-bond acceptors (Lipinski definition) is 5. The van der Waals surface area contributed by atoms with Crippen LogP contribution in [0.5, 0.6) is 0 Å². The molecule has 0 N–H and O–H groups in total. The second-order valence-electron chi connectivity index (χ2n) is 5.69.